The summed E-state index contributed by atoms with van der Waals surface area (Å²) in [6.45, 7) is 7.73. The minimum atomic E-state index is -1.13. The first-order valence-electron chi connectivity index (χ1n) is 20.1. The van der Waals surface area contributed by atoms with Gasteiger partial charge in [-0.3, -0.25) is 19.2 Å². The average Bonchev–Trinajstić information content (AvgIpc) is 3.73. The van der Waals surface area contributed by atoms with E-state index in [1.165, 1.54) is 28.0 Å². The Morgan fingerprint density at radius 3 is 2.27 bits per heavy atom. The van der Waals surface area contributed by atoms with Crippen molar-refractivity contribution in [1.29, 1.82) is 0 Å². The summed E-state index contributed by atoms with van der Waals surface area (Å²) in [4.78, 5) is 88.9. The van der Waals surface area contributed by atoms with Crippen molar-refractivity contribution in [3.05, 3.63) is 124 Å². The van der Waals surface area contributed by atoms with Crippen LogP contribution in [0, 0.1) is 5.41 Å². The van der Waals surface area contributed by atoms with Gasteiger partial charge in [0.1, 0.15) is 18.0 Å². The molecule has 1 saturated heterocycles. The second kappa shape index (κ2) is 16.2. The number of aromatic carboxylic acids is 1. The number of piperidine rings is 1. The number of amides is 5. The van der Waals surface area contributed by atoms with Gasteiger partial charge in [-0.15, -0.1) is 0 Å². The van der Waals surface area contributed by atoms with Gasteiger partial charge in [0.25, 0.3) is 5.91 Å². The molecule has 312 valence electrons. The van der Waals surface area contributed by atoms with Crippen LogP contribution in [0.2, 0.25) is 0 Å². The highest BCUT2D eigenvalue weighted by Crippen LogP contribution is 2.47. The number of carboxylic acids is 1. The maximum atomic E-state index is 14.8. The van der Waals surface area contributed by atoms with Crippen molar-refractivity contribution >= 4 is 47.2 Å². The molecule has 3 heterocycles. The Labute approximate surface area is 348 Å². The SMILES string of the molecule is CN(Cc1ccccc1CN(CC(=O)Nc1ccc2c(c1)C[C@@]1(C2)C(=O)Nc2ncccc21)C(=O)C1(C)CCN(C(=O)c2cccc(C(=O)O)c2)CC1)C(=O)OC(C)(C)C. The number of rotatable bonds is 10. The number of carbonyl (C=O) groups excluding carboxylic acids is 5. The van der Waals surface area contributed by atoms with Crippen molar-refractivity contribution in [2.45, 2.75) is 77.5 Å². The molecule has 0 saturated carbocycles. The van der Waals surface area contributed by atoms with Gasteiger partial charge in [0.2, 0.25) is 17.7 Å². The standard InChI is InChI=1S/C46H50N6O8/c1-44(2,3)60-43(59)50(5)26-32-10-6-7-11-33(32)27-52(42(58)45(4)17-20-51(21-18-45)39(54)29-12-8-13-30(22-29)40(55)56)28-37(53)48-35-16-15-31-24-46(25-34(31)23-35)36-14-9-19-47-38(36)49-41(46)57/h6-16,19,22-23H,17-18,20-21,24-28H2,1-5H3,(H,48,53)(H,55,56)(H,47,49,57)/t46-/m1/s1. The van der Waals surface area contributed by atoms with Gasteiger partial charge in [-0.1, -0.05) is 49.4 Å². The molecule has 3 aliphatic rings. The number of hydrogen-bond acceptors (Lipinski definition) is 8. The molecule has 0 bridgehead atoms. The molecule has 5 amide bonds. The topological polar surface area (TPSA) is 179 Å². The number of pyridine rings is 1. The summed E-state index contributed by atoms with van der Waals surface area (Å²) < 4.78 is 5.57. The number of benzene rings is 3. The van der Waals surface area contributed by atoms with Gasteiger partial charge in [0, 0.05) is 61.7 Å². The van der Waals surface area contributed by atoms with Gasteiger partial charge in [-0.2, -0.15) is 0 Å². The monoisotopic (exact) mass is 814 g/mol. The number of anilines is 2. The van der Waals surface area contributed by atoms with E-state index in [2.05, 4.69) is 15.6 Å². The van der Waals surface area contributed by atoms with Gasteiger partial charge in [0.05, 0.1) is 11.0 Å². The van der Waals surface area contributed by atoms with Crippen LogP contribution in [-0.2, 0) is 50.5 Å². The molecule has 60 heavy (non-hydrogen) atoms. The molecule has 1 fully saturated rings. The molecule has 1 atom stereocenters. The average molecular weight is 815 g/mol. The number of hydrogen-bond donors (Lipinski definition) is 3. The van der Waals surface area contributed by atoms with Crippen LogP contribution in [-0.4, -0.2) is 92.8 Å². The maximum absolute atomic E-state index is 14.8. The molecule has 7 rings (SSSR count). The van der Waals surface area contributed by atoms with Crippen molar-refractivity contribution in [3.63, 3.8) is 0 Å². The number of nitrogens with one attached hydrogen (secondary N) is 2. The van der Waals surface area contributed by atoms with Gasteiger partial charge in [-0.25, -0.2) is 14.6 Å². The van der Waals surface area contributed by atoms with Crippen LogP contribution in [0.5, 0.6) is 0 Å². The van der Waals surface area contributed by atoms with E-state index >= 15 is 0 Å². The molecular weight excluding hydrogens is 765 g/mol. The molecule has 1 spiro atoms. The first-order valence-corrected chi connectivity index (χ1v) is 20.1. The van der Waals surface area contributed by atoms with E-state index in [0.717, 1.165) is 27.8 Å². The highest BCUT2D eigenvalue weighted by atomic mass is 16.6. The van der Waals surface area contributed by atoms with E-state index in [1.807, 2.05) is 55.5 Å². The summed E-state index contributed by atoms with van der Waals surface area (Å²) in [5.74, 6) is -1.65. The number of carboxylic acid groups (broad SMARTS) is 1. The highest BCUT2D eigenvalue weighted by Gasteiger charge is 2.51. The minimum absolute atomic E-state index is 0.0118. The number of ether oxygens (including phenoxy) is 1. The zero-order valence-electron chi connectivity index (χ0n) is 34.5. The first kappa shape index (κ1) is 41.6. The van der Waals surface area contributed by atoms with E-state index in [1.54, 1.807) is 51.0 Å². The predicted octanol–water partition coefficient (Wildman–Crippen LogP) is 6.05. The second-order valence-corrected chi connectivity index (χ2v) is 17.3. The van der Waals surface area contributed by atoms with Gasteiger partial charge in [-0.05, 0) is 105 Å². The lowest BCUT2D eigenvalue weighted by atomic mass is 9.78. The molecule has 3 N–H and O–H groups in total. The fourth-order valence-corrected chi connectivity index (χ4v) is 8.42. The molecule has 4 aromatic rings. The predicted molar refractivity (Wildman–Crippen MR) is 223 cm³/mol. The summed E-state index contributed by atoms with van der Waals surface area (Å²) in [5, 5.41) is 15.4. The van der Waals surface area contributed by atoms with Crippen LogP contribution < -0.4 is 10.6 Å². The highest BCUT2D eigenvalue weighted by molar-refractivity contribution is 6.06. The Hall–Kier alpha value is -6.57. The number of fused-ring (bicyclic) bond motifs is 3. The number of nitrogens with zero attached hydrogens (tertiary/aromatic N) is 4. The lowest BCUT2D eigenvalue weighted by molar-refractivity contribution is -0.146. The zero-order valence-corrected chi connectivity index (χ0v) is 34.5. The van der Waals surface area contributed by atoms with Crippen LogP contribution in [0.15, 0.2) is 85.1 Å². The van der Waals surface area contributed by atoms with Gasteiger partial charge >= 0.3 is 12.1 Å². The van der Waals surface area contributed by atoms with Gasteiger partial charge in [0.15, 0.2) is 0 Å². The van der Waals surface area contributed by atoms with Crippen LogP contribution in [0.1, 0.15) is 89.1 Å². The Balaban J connectivity index is 1.10. The van der Waals surface area contributed by atoms with Crippen molar-refractivity contribution in [3.8, 4) is 0 Å². The third-order valence-electron chi connectivity index (χ3n) is 11.7. The van der Waals surface area contributed by atoms with E-state index < -0.39 is 34.4 Å². The van der Waals surface area contributed by atoms with Crippen LogP contribution in [0.3, 0.4) is 0 Å². The van der Waals surface area contributed by atoms with Crippen LogP contribution in [0.4, 0.5) is 16.3 Å². The molecular formula is C46H50N6O8. The minimum Gasteiger partial charge on any atom is -0.478 e. The molecule has 14 nitrogen and oxygen atoms in total. The van der Waals surface area contributed by atoms with E-state index in [9.17, 15) is 33.9 Å². The quantitative estimate of drug-likeness (QED) is 0.172. The van der Waals surface area contributed by atoms with Crippen LogP contribution in [0.25, 0.3) is 0 Å². The maximum Gasteiger partial charge on any atom is 0.410 e. The van der Waals surface area contributed by atoms with Crippen molar-refractivity contribution in [2.24, 2.45) is 5.41 Å². The summed E-state index contributed by atoms with van der Waals surface area (Å²) in [6.07, 6.45) is 2.76. The molecule has 0 radical (unpaired) electrons. The number of aromatic nitrogens is 1. The Bertz CT molecular complexity index is 2380. The lowest BCUT2D eigenvalue weighted by Crippen LogP contribution is -2.51. The van der Waals surface area contributed by atoms with E-state index in [0.29, 0.717) is 37.2 Å². The van der Waals surface area contributed by atoms with Crippen molar-refractivity contribution in [1.82, 2.24) is 19.7 Å². The normalized spacial score (nSPS) is 17.6. The summed E-state index contributed by atoms with van der Waals surface area (Å²) in [7, 11) is 1.64. The molecule has 14 heteroatoms. The van der Waals surface area contributed by atoms with E-state index in [4.69, 9.17) is 4.74 Å². The van der Waals surface area contributed by atoms with Crippen LogP contribution >= 0.6 is 0 Å². The third-order valence-corrected chi connectivity index (χ3v) is 11.7. The molecule has 1 aliphatic carbocycles. The summed E-state index contributed by atoms with van der Waals surface area (Å²) in [6, 6.07) is 22.7. The smallest absolute Gasteiger partial charge is 0.410 e. The zero-order chi connectivity index (χ0) is 43.0. The Morgan fingerprint density at radius 1 is 0.883 bits per heavy atom. The molecule has 2 aliphatic heterocycles. The third kappa shape index (κ3) is 8.59. The summed E-state index contributed by atoms with van der Waals surface area (Å²) in [5.41, 5.74) is 2.76. The fraction of sp³-hybridized carbons (Fsp3) is 0.370. The summed E-state index contributed by atoms with van der Waals surface area (Å²) >= 11 is 0. The molecule has 3 aromatic carbocycles. The first-order chi connectivity index (χ1) is 28.4. The lowest BCUT2D eigenvalue weighted by Gasteiger charge is -2.41. The Kier molecular flexibility index (Phi) is 11.3. The van der Waals surface area contributed by atoms with E-state index in [-0.39, 0.29) is 61.6 Å². The number of likely N-dealkylation sites (tertiary alicyclic amines) is 1. The molecule has 0 unspecified atom stereocenters. The second-order valence-electron chi connectivity index (χ2n) is 17.3. The van der Waals surface area contributed by atoms with Crippen molar-refractivity contribution < 1.29 is 38.6 Å². The number of carbonyl (C=O) groups is 6. The molecule has 1 aromatic heterocycles. The fourth-order valence-electron chi connectivity index (χ4n) is 8.42. The van der Waals surface area contributed by atoms with Crippen molar-refractivity contribution in [2.75, 3.05) is 37.3 Å². The Morgan fingerprint density at radius 2 is 1.57 bits per heavy atom. The largest absolute Gasteiger partial charge is 0.478 e. The van der Waals surface area contributed by atoms with Gasteiger partial charge < -0.3 is 35.2 Å².